The van der Waals surface area contributed by atoms with Crippen LogP contribution in [0.15, 0.2) is 52.0 Å². The molecule has 0 saturated carbocycles. The molecule has 1 aromatic carbocycles. The number of carbonyl (C=O) groups is 2. The molecule has 5 nitrogen and oxygen atoms in total. The lowest BCUT2D eigenvalue weighted by Gasteiger charge is -2.14. The fourth-order valence-electron chi connectivity index (χ4n) is 2.06. The van der Waals surface area contributed by atoms with Crippen molar-refractivity contribution in [3.8, 4) is 0 Å². The third-order valence-electron chi connectivity index (χ3n) is 3.16. The molecule has 2 aromatic rings. The molecule has 7 heteroatoms. The number of benzene rings is 1. The van der Waals surface area contributed by atoms with Gasteiger partial charge < -0.3 is 9.15 Å². The molecule has 1 aliphatic rings. The maximum atomic E-state index is 12.5. The van der Waals surface area contributed by atoms with Gasteiger partial charge in [-0.1, -0.05) is 24.0 Å². The van der Waals surface area contributed by atoms with Crippen molar-refractivity contribution in [2.24, 2.45) is 0 Å². The molecule has 1 saturated heterocycles. The third kappa shape index (κ3) is 3.06. The van der Waals surface area contributed by atoms with Crippen molar-refractivity contribution in [2.45, 2.75) is 0 Å². The van der Waals surface area contributed by atoms with Crippen LogP contribution in [0.3, 0.4) is 0 Å². The van der Waals surface area contributed by atoms with Crippen molar-refractivity contribution in [3.05, 3.63) is 58.9 Å². The van der Waals surface area contributed by atoms with Crippen LogP contribution in [0.1, 0.15) is 16.1 Å². The molecule has 1 aliphatic heterocycles. The number of ether oxygens (including phenoxy) is 1. The molecule has 2 heterocycles. The van der Waals surface area contributed by atoms with Gasteiger partial charge in [-0.25, -0.2) is 4.79 Å². The average molecular weight is 345 g/mol. The predicted octanol–water partition coefficient (Wildman–Crippen LogP) is 3.47. The van der Waals surface area contributed by atoms with Crippen LogP contribution in [-0.2, 0) is 9.53 Å². The number of esters is 1. The van der Waals surface area contributed by atoms with Crippen LogP contribution in [0, 0.1) is 0 Å². The lowest BCUT2D eigenvalue weighted by molar-refractivity contribution is -0.113. The van der Waals surface area contributed by atoms with E-state index < -0.39 is 5.97 Å². The van der Waals surface area contributed by atoms with Crippen LogP contribution < -0.4 is 4.90 Å². The molecule has 0 aliphatic carbocycles. The molecule has 1 aromatic heterocycles. The minimum Gasteiger partial charge on any atom is -0.465 e. The van der Waals surface area contributed by atoms with E-state index in [1.165, 1.54) is 30.0 Å². The number of hydrogen-bond acceptors (Lipinski definition) is 6. The van der Waals surface area contributed by atoms with Crippen LogP contribution in [0.2, 0.25) is 0 Å². The summed E-state index contributed by atoms with van der Waals surface area (Å²) in [7, 11) is 1.32. The first-order valence-corrected chi connectivity index (χ1v) is 7.82. The van der Waals surface area contributed by atoms with Crippen LogP contribution in [-0.4, -0.2) is 23.3 Å². The highest BCUT2D eigenvalue weighted by Crippen LogP contribution is 2.36. The summed E-state index contributed by atoms with van der Waals surface area (Å²) in [5.74, 6) is -0.0617. The van der Waals surface area contributed by atoms with E-state index in [9.17, 15) is 9.59 Å². The molecule has 116 valence electrons. The number of furan rings is 1. The number of methoxy groups -OCH3 is 1. The van der Waals surface area contributed by atoms with Crippen molar-refractivity contribution < 1.29 is 18.7 Å². The van der Waals surface area contributed by atoms with E-state index in [0.29, 0.717) is 26.2 Å². The Bertz CT molecular complexity index is 794. The highest BCUT2D eigenvalue weighted by molar-refractivity contribution is 8.27. The highest BCUT2D eigenvalue weighted by Gasteiger charge is 2.33. The van der Waals surface area contributed by atoms with Gasteiger partial charge in [0.25, 0.3) is 5.91 Å². The summed E-state index contributed by atoms with van der Waals surface area (Å²) in [6.45, 7) is 0. The van der Waals surface area contributed by atoms with E-state index in [1.54, 1.807) is 42.5 Å². The topological polar surface area (TPSA) is 59.8 Å². The van der Waals surface area contributed by atoms with Crippen molar-refractivity contribution >= 4 is 51.9 Å². The zero-order chi connectivity index (χ0) is 16.4. The number of rotatable bonds is 3. The van der Waals surface area contributed by atoms with Crippen molar-refractivity contribution in [1.29, 1.82) is 0 Å². The van der Waals surface area contributed by atoms with Gasteiger partial charge in [0.15, 0.2) is 4.32 Å². The number of carbonyl (C=O) groups excluding carboxylic acids is 2. The fourth-order valence-corrected chi connectivity index (χ4v) is 3.34. The second-order valence-electron chi connectivity index (χ2n) is 4.57. The first-order valence-electron chi connectivity index (χ1n) is 6.60. The number of thiocarbonyl (C=S) groups is 1. The van der Waals surface area contributed by atoms with Crippen LogP contribution in [0.25, 0.3) is 6.08 Å². The van der Waals surface area contributed by atoms with Gasteiger partial charge in [0.1, 0.15) is 5.76 Å². The Morgan fingerprint density at radius 3 is 2.65 bits per heavy atom. The Kier molecular flexibility index (Phi) is 4.31. The molecule has 23 heavy (non-hydrogen) atoms. The summed E-state index contributed by atoms with van der Waals surface area (Å²) < 4.78 is 10.3. The van der Waals surface area contributed by atoms with Crippen molar-refractivity contribution in [2.75, 3.05) is 12.0 Å². The van der Waals surface area contributed by atoms with E-state index in [0.717, 1.165) is 0 Å². The first kappa shape index (κ1) is 15.5. The van der Waals surface area contributed by atoms with E-state index in [1.807, 2.05) is 0 Å². The minimum absolute atomic E-state index is 0.220. The number of amides is 1. The molecule has 0 atom stereocenters. The molecule has 1 fully saturated rings. The first-order chi connectivity index (χ1) is 11.1. The van der Waals surface area contributed by atoms with Gasteiger partial charge in [-0.2, -0.15) is 0 Å². The Hall–Kier alpha value is -2.38. The third-order valence-corrected chi connectivity index (χ3v) is 4.46. The van der Waals surface area contributed by atoms with Crippen LogP contribution in [0.5, 0.6) is 0 Å². The molecule has 1 amide bonds. The van der Waals surface area contributed by atoms with E-state index in [2.05, 4.69) is 4.74 Å². The summed E-state index contributed by atoms with van der Waals surface area (Å²) in [4.78, 5) is 25.9. The molecular formula is C16H11NO4S2. The van der Waals surface area contributed by atoms with Gasteiger partial charge in [0, 0.05) is 6.08 Å². The lowest BCUT2D eigenvalue weighted by atomic mass is 10.2. The Morgan fingerprint density at radius 2 is 2.04 bits per heavy atom. The zero-order valence-electron chi connectivity index (χ0n) is 12.0. The maximum Gasteiger partial charge on any atom is 0.337 e. The van der Waals surface area contributed by atoms with Gasteiger partial charge in [0.2, 0.25) is 0 Å². The standard InChI is InChI=1S/C16H11NO4S2/c1-20-15(19)10-4-6-11(7-5-10)17-14(18)13(23-16(17)22)9-12-3-2-8-21-12/h2-9H,1H3/b13-9-. The SMILES string of the molecule is COC(=O)c1ccc(N2C(=O)/C(=C/c3ccco3)SC2=S)cc1. The van der Waals surface area contributed by atoms with E-state index in [4.69, 9.17) is 16.6 Å². The lowest BCUT2D eigenvalue weighted by Crippen LogP contribution is -2.27. The van der Waals surface area contributed by atoms with Crippen LogP contribution in [0.4, 0.5) is 5.69 Å². The Morgan fingerprint density at radius 1 is 1.30 bits per heavy atom. The Balaban J connectivity index is 1.87. The minimum atomic E-state index is -0.431. The molecule has 3 rings (SSSR count). The van der Waals surface area contributed by atoms with E-state index >= 15 is 0 Å². The second kappa shape index (κ2) is 6.39. The number of hydrogen-bond donors (Lipinski definition) is 0. The quantitative estimate of drug-likeness (QED) is 0.482. The molecule has 0 N–H and O–H groups in total. The molecule has 0 radical (unpaired) electrons. The summed E-state index contributed by atoms with van der Waals surface area (Å²) in [6, 6.07) is 10.0. The second-order valence-corrected chi connectivity index (χ2v) is 6.25. The van der Waals surface area contributed by atoms with Gasteiger partial charge >= 0.3 is 5.97 Å². The molecule has 0 spiro atoms. The summed E-state index contributed by atoms with van der Waals surface area (Å²) in [5.41, 5.74) is 1.01. The van der Waals surface area contributed by atoms with Crippen LogP contribution >= 0.6 is 24.0 Å². The monoisotopic (exact) mass is 345 g/mol. The van der Waals surface area contributed by atoms with Gasteiger partial charge in [-0.15, -0.1) is 0 Å². The highest BCUT2D eigenvalue weighted by atomic mass is 32.2. The van der Waals surface area contributed by atoms with Gasteiger partial charge in [-0.3, -0.25) is 9.69 Å². The largest absolute Gasteiger partial charge is 0.465 e. The molecule has 0 unspecified atom stereocenters. The van der Waals surface area contributed by atoms with E-state index in [-0.39, 0.29) is 5.91 Å². The number of anilines is 1. The average Bonchev–Trinajstić information content (AvgIpc) is 3.16. The van der Waals surface area contributed by atoms with Crippen molar-refractivity contribution in [1.82, 2.24) is 0 Å². The zero-order valence-corrected chi connectivity index (χ0v) is 13.6. The smallest absolute Gasteiger partial charge is 0.337 e. The number of thioether (sulfide) groups is 1. The molecule has 0 bridgehead atoms. The summed E-state index contributed by atoms with van der Waals surface area (Å²) >= 11 is 6.49. The van der Waals surface area contributed by atoms with Gasteiger partial charge in [0.05, 0.1) is 29.5 Å². The summed E-state index contributed by atoms with van der Waals surface area (Å²) in [6.07, 6.45) is 3.19. The van der Waals surface area contributed by atoms with Crippen molar-refractivity contribution in [3.63, 3.8) is 0 Å². The number of nitrogens with zero attached hydrogens (tertiary/aromatic N) is 1. The normalized spacial score (nSPS) is 16.2. The fraction of sp³-hybridized carbons (Fsp3) is 0.0625. The summed E-state index contributed by atoms with van der Waals surface area (Å²) in [5, 5.41) is 0. The van der Waals surface area contributed by atoms with Gasteiger partial charge in [-0.05, 0) is 36.4 Å². The molecular weight excluding hydrogens is 334 g/mol. The predicted molar refractivity (Wildman–Crippen MR) is 92.1 cm³/mol. The Labute approximate surface area is 141 Å². The maximum absolute atomic E-state index is 12.5.